The molecule has 1 aromatic rings. The summed E-state index contributed by atoms with van der Waals surface area (Å²) in [4.78, 5) is 26.5. The summed E-state index contributed by atoms with van der Waals surface area (Å²) in [6.07, 6.45) is 2.20. The number of nitrogens with zero attached hydrogens (tertiary/aromatic N) is 1. The van der Waals surface area contributed by atoms with E-state index >= 15 is 0 Å². The highest BCUT2D eigenvalue weighted by atomic mass is 33.1. The largest absolute Gasteiger partial charge is 0.481 e. The van der Waals surface area contributed by atoms with Gasteiger partial charge in [-0.1, -0.05) is 16.9 Å². The Labute approximate surface area is 345 Å². The summed E-state index contributed by atoms with van der Waals surface area (Å²) in [5.41, 5.74) is 0. The maximum Gasteiger partial charge on any atom is 0.305 e. The summed E-state index contributed by atoms with van der Waals surface area (Å²) >= 11 is 0. The van der Waals surface area contributed by atoms with Gasteiger partial charge >= 0.3 is 5.97 Å². The monoisotopic (exact) mass is 858 g/mol. The molecule has 0 atom stereocenters. The molecule has 0 bridgehead atoms. The number of ether oxygens (including phenoxy) is 13. The van der Waals surface area contributed by atoms with Crippen LogP contribution in [0.5, 0.6) is 0 Å². The van der Waals surface area contributed by atoms with Crippen molar-refractivity contribution in [2.75, 3.05) is 184 Å². The zero-order valence-electron chi connectivity index (χ0n) is 33.4. The van der Waals surface area contributed by atoms with E-state index in [1.807, 2.05) is 18.2 Å². The second kappa shape index (κ2) is 45.4. The lowest BCUT2D eigenvalue weighted by Crippen LogP contribution is -2.27. The number of hydrogen-bond acceptors (Lipinski definition) is 18. The Morgan fingerprint density at radius 3 is 1.12 bits per heavy atom. The van der Waals surface area contributed by atoms with Crippen molar-refractivity contribution in [3.63, 3.8) is 0 Å². The summed E-state index contributed by atoms with van der Waals surface area (Å²) in [6.45, 7) is 12.3. The van der Waals surface area contributed by atoms with E-state index < -0.39 is 5.97 Å². The van der Waals surface area contributed by atoms with Crippen LogP contribution < -0.4 is 5.32 Å². The summed E-state index contributed by atoms with van der Waals surface area (Å²) in [6, 6.07) is 5.77. The number of carboxylic acids is 1. The highest BCUT2D eigenvalue weighted by molar-refractivity contribution is 8.76. The third-order valence-electron chi connectivity index (χ3n) is 6.69. The summed E-state index contributed by atoms with van der Waals surface area (Å²) < 4.78 is 70.6. The fraction of sp³-hybridized carbons (Fsp3) is 0.811. The Morgan fingerprint density at radius 1 is 0.474 bits per heavy atom. The van der Waals surface area contributed by atoms with Crippen LogP contribution in [0.15, 0.2) is 29.4 Å². The lowest BCUT2D eigenvalue weighted by Gasteiger charge is -2.09. The number of amides is 1. The van der Waals surface area contributed by atoms with Gasteiger partial charge in [0.15, 0.2) is 0 Å². The average Bonchev–Trinajstić information content (AvgIpc) is 3.21. The predicted octanol–water partition coefficient (Wildman–Crippen LogP) is 2.02. The van der Waals surface area contributed by atoms with Gasteiger partial charge in [0.25, 0.3) is 0 Å². The van der Waals surface area contributed by atoms with Gasteiger partial charge in [0.1, 0.15) is 5.03 Å². The van der Waals surface area contributed by atoms with Crippen LogP contribution in [0.3, 0.4) is 0 Å². The van der Waals surface area contributed by atoms with Gasteiger partial charge in [-0.05, 0) is 22.9 Å². The molecule has 0 aliphatic heterocycles. The number of nitrogens with one attached hydrogen (secondary N) is 1. The molecule has 57 heavy (non-hydrogen) atoms. The molecule has 20 heteroatoms. The Hall–Kier alpha value is -1.73. The van der Waals surface area contributed by atoms with Crippen molar-refractivity contribution in [1.82, 2.24) is 10.3 Å². The van der Waals surface area contributed by atoms with Crippen LogP contribution >= 0.6 is 21.6 Å². The molecule has 0 aliphatic carbocycles. The molecule has 1 heterocycles. The highest BCUT2D eigenvalue weighted by Gasteiger charge is 2.03. The summed E-state index contributed by atoms with van der Waals surface area (Å²) in [7, 11) is 3.18. The van der Waals surface area contributed by atoms with E-state index in [9.17, 15) is 9.59 Å². The number of rotatable bonds is 47. The van der Waals surface area contributed by atoms with Crippen LogP contribution in [0.1, 0.15) is 12.8 Å². The van der Waals surface area contributed by atoms with Crippen LogP contribution in [-0.4, -0.2) is 206 Å². The maximum atomic E-state index is 11.9. The van der Waals surface area contributed by atoms with Gasteiger partial charge in [-0.3, -0.25) is 9.59 Å². The van der Waals surface area contributed by atoms with Crippen LogP contribution in [0, 0.1) is 0 Å². The lowest BCUT2D eigenvalue weighted by molar-refractivity contribution is -0.138. The van der Waals surface area contributed by atoms with Gasteiger partial charge in [-0.15, -0.1) is 0 Å². The molecule has 1 aromatic heterocycles. The standard InChI is InChI=1S/C37H66N2O16S2/c40-35(5-34-56-57-36-3-1-2-6-39-36)38-7-9-44-11-13-46-15-17-48-19-21-50-23-25-52-27-29-54-31-33-55-32-30-53-28-26-51-24-22-49-20-18-47-16-14-45-12-10-43-8-4-37(41)42/h1-3,6H,4-5,7-34H2,(H,38,40)(H,41,42). The summed E-state index contributed by atoms with van der Waals surface area (Å²) in [5, 5.41) is 12.3. The quantitative estimate of drug-likeness (QED) is 0.0712. The molecular formula is C37H66N2O16S2. The van der Waals surface area contributed by atoms with Gasteiger partial charge in [0, 0.05) is 24.9 Å². The van der Waals surface area contributed by atoms with Crippen molar-refractivity contribution in [2.45, 2.75) is 17.9 Å². The smallest absolute Gasteiger partial charge is 0.305 e. The number of hydrogen-bond donors (Lipinski definition) is 2. The molecule has 0 aliphatic rings. The second-order valence-electron chi connectivity index (χ2n) is 11.3. The number of aromatic nitrogens is 1. The predicted molar refractivity (Wildman–Crippen MR) is 213 cm³/mol. The zero-order valence-corrected chi connectivity index (χ0v) is 35.0. The summed E-state index contributed by atoms with van der Waals surface area (Å²) in [5.74, 6) is -0.148. The first-order valence-corrected chi connectivity index (χ1v) is 21.7. The first-order chi connectivity index (χ1) is 28.2. The SMILES string of the molecule is O=C(O)CCOCCOCCOCCOCCOCCOCCOCCOCCOCCOCCOCCOCCOCCNC(=O)CCSSc1ccccn1. The van der Waals surface area contributed by atoms with Crippen molar-refractivity contribution >= 4 is 33.5 Å². The van der Waals surface area contributed by atoms with E-state index in [0.29, 0.717) is 178 Å². The van der Waals surface area contributed by atoms with E-state index in [4.69, 9.17) is 66.7 Å². The molecule has 0 saturated heterocycles. The third kappa shape index (κ3) is 43.7. The minimum absolute atomic E-state index is 0.00717. The van der Waals surface area contributed by atoms with Gasteiger partial charge in [-0.25, -0.2) is 4.98 Å². The molecule has 0 aromatic carbocycles. The van der Waals surface area contributed by atoms with Crippen molar-refractivity contribution in [3.8, 4) is 0 Å². The first kappa shape index (κ1) is 53.3. The van der Waals surface area contributed by atoms with E-state index in [1.54, 1.807) is 27.8 Å². The molecular weight excluding hydrogens is 793 g/mol. The van der Waals surface area contributed by atoms with E-state index in [1.165, 1.54) is 0 Å². The van der Waals surface area contributed by atoms with E-state index in [2.05, 4.69) is 10.3 Å². The second-order valence-corrected chi connectivity index (χ2v) is 13.7. The molecule has 0 fully saturated rings. The van der Waals surface area contributed by atoms with Crippen LogP contribution in [0.25, 0.3) is 0 Å². The minimum Gasteiger partial charge on any atom is -0.481 e. The maximum absolute atomic E-state index is 11.9. The molecule has 1 rings (SSSR count). The Bertz CT molecular complexity index is 996. The Morgan fingerprint density at radius 2 is 0.807 bits per heavy atom. The number of carbonyl (C=O) groups excluding carboxylic acids is 1. The lowest BCUT2D eigenvalue weighted by atomic mass is 10.4. The molecule has 18 nitrogen and oxygen atoms in total. The van der Waals surface area contributed by atoms with E-state index in [-0.39, 0.29) is 18.9 Å². The molecule has 0 unspecified atom stereocenters. The zero-order chi connectivity index (χ0) is 40.8. The molecule has 0 saturated carbocycles. The third-order valence-corrected chi connectivity index (χ3v) is 8.95. The van der Waals surface area contributed by atoms with Crippen LogP contribution in [0.2, 0.25) is 0 Å². The number of pyridine rings is 1. The number of carboxylic acid groups (broad SMARTS) is 1. The highest BCUT2D eigenvalue weighted by Crippen LogP contribution is 2.29. The van der Waals surface area contributed by atoms with Crippen molar-refractivity contribution < 1.29 is 76.3 Å². The normalized spacial score (nSPS) is 11.4. The fourth-order valence-corrected chi connectivity index (χ4v) is 5.75. The van der Waals surface area contributed by atoms with Crippen molar-refractivity contribution in [1.29, 1.82) is 0 Å². The first-order valence-electron chi connectivity index (χ1n) is 19.4. The molecule has 332 valence electrons. The minimum atomic E-state index is -0.878. The molecule has 0 spiro atoms. The van der Waals surface area contributed by atoms with Crippen molar-refractivity contribution in [2.24, 2.45) is 0 Å². The van der Waals surface area contributed by atoms with Gasteiger partial charge in [-0.2, -0.15) is 0 Å². The number of aliphatic carboxylic acids is 1. The molecule has 1 amide bonds. The molecule has 0 radical (unpaired) electrons. The Kier molecular flexibility index (Phi) is 42.4. The topological polar surface area (TPSA) is 199 Å². The van der Waals surface area contributed by atoms with Gasteiger partial charge in [0.2, 0.25) is 5.91 Å². The number of carbonyl (C=O) groups is 2. The Balaban J connectivity index is 1.62. The van der Waals surface area contributed by atoms with Crippen LogP contribution in [0.4, 0.5) is 0 Å². The van der Waals surface area contributed by atoms with E-state index in [0.717, 1.165) is 10.8 Å². The molecule has 2 N–H and O–H groups in total. The van der Waals surface area contributed by atoms with Crippen molar-refractivity contribution in [3.05, 3.63) is 24.4 Å². The fourth-order valence-electron chi connectivity index (χ4n) is 3.88. The van der Waals surface area contributed by atoms with Gasteiger partial charge < -0.3 is 72.0 Å². The average molecular weight is 859 g/mol. The van der Waals surface area contributed by atoms with Crippen LogP contribution in [-0.2, 0) is 71.2 Å². The van der Waals surface area contributed by atoms with Gasteiger partial charge in [0.05, 0.1) is 178 Å².